The summed E-state index contributed by atoms with van der Waals surface area (Å²) in [6.07, 6.45) is 3.95. The number of rotatable bonds is 6. The minimum absolute atomic E-state index is 0.0321. The van der Waals surface area contributed by atoms with Crippen molar-refractivity contribution in [1.82, 2.24) is 25.0 Å². The highest BCUT2D eigenvalue weighted by atomic mass is 32.1. The van der Waals surface area contributed by atoms with Crippen LogP contribution in [0.1, 0.15) is 30.7 Å². The van der Waals surface area contributed by atoms with Crippen LogP contribution in [0.25, 0.3) is 0 Å². The van der Waals surface area contributed by atoms with E-state index in [0.29, 0.717) is 6.54 Å². The molecule has 0 saturated heterocycles. The third-order valence-electron chi connectivity index (χ3n) is 4.13. The molecule has 1 aliphatic heterocycles. The van der Waals surface area contributed by atoms with E-state index in [1.54, 1.807) is 23.1 Å². The Labute approximate surface area is 145 Å². The number of nitrogens with zero attached hydrogens (tertiary/aromatic N) is 4. The monoisotopic (exact) mass is 348 g/mol. The molecule has 0 aromatic carbocycles. The van der Waals surface area contributed by atoms with Gasteiger partial charge in [0.1, 0.15) is 5.82 Å². The summed E-state index contributed by atoms with van der Waals surface area (Å²) in [6, 6.07) is 2.10. The maximum absolute atomic E-state index is 12.2. The number of thiophene rings is 1. The standard InChI is InChI=1S/C16H24N6OS/c1-17-15(19-11-13-6-10-24-12-13)18-7-4-9-22-16(23)21-8-3-2-5-14(21)20-22/h6,10,12H,2-5,7-9,11H2,1H3,(H2,17,18,19). The van der Waals surface area contributed by atoms with Gasteiger partial charge in [0.25, 0.3) is 0 Å². The molecule has 24 heavy (non-hydrogen) atoms. The lowest BCUT2D eigenvalue weighted by atomic mass is 10.2. The summed E-state index contributed by atoms with van der Waals surface area (Å²) in [7, 11) is 1.76. The van der Waals surface area contributed by atoms with Gasteiger partial charge in [-0.1, -0.05) is 0 Å². The first-order valence-corrected chi connectivity index (χ1v) is 9.34. The van der Waals surface area contributed by atoms with E-state index in [9.17, 15) is 4.79 Å². The smallest absolute Gasteiger partial charge is 0.345 e. The molecule has 1 aliphatic rings. The van der Waals surface area contributed by atoms with E-state index in [1.807, 2.05) is 4.57 Å². The van der Waals surface area contributed by atoms with E-state index in [2.05, 4.69) is 37.6 Å². The predicted molar refractivity (Wildman–Crippen MR) is 96.6 cm³/mol. The second-order valence-corrected chi connectivity index (χ2v) is 6.65. The molecule has 0 saturated carbocycles. The quantitative estimate of drug-likeness (QED) is 0.467. The lowest BCUT2D eigenvalue weighted by Crippen LogP contribution is -2.37. The fourth-order valence-electron chi connectivity index (χ4n) is 2.83. The number of aliphatic imine (C=N–C) groups is 1. The van der Waals surface area contributed by atoms with Gasteiger partial charge in [0, 0.05) is 39.6 Å². The van der Waals surface area contributed by atoms with Gasteiger partial charge in [-0.05, 0) is 41.7 Å². The number of guanidine groups is 1. The highest BCUT2D eigenvalue weighted by Gasteiger charge is 2.16. The van der Waals surface area contributed by atoms with Crippen molar-refractivity contribution in [2.24, 2.45) is 4.99 Å². The van der Waals surface area contributed by atoms with Crippen molar-refractivity contribution in [3.8, 4) is 0 Å². The van der Waals surface area contributed by atoms with E-state index in [4.69, 9.17) is 0 Å². The topological polar surface area (TPSA) is 76.2 Å². The molecule has 0 unspecified atom stereocenters. The largest absolute Gasteiger partial charge is 0.356 e. The van der Waals surface area contributed by atoms with Crippen LogP contribution in [0.4, 0.5) is 0 Å². The number of fused-ring (bicyclic) bond motifs is 1. The fraction of sp³-hybridized carbons (Fsp3) is 0.562. The van der Waals surface area contributed by atoms with Gasteiger partial charge in [-0.3, -0.25) is 9.56 Å². The lowest BCUT2D eigenvalue weighted by Gasteiger charge is -2.11. The van der Waals surface area contributed by atoms with Crippen molar-refractivity contribution in [3.63, 3.8) is 0 Å². The second-order valence-electron chi connectivity index (χ2n) is 5.87. The van der Waals surface area contributed by atoms with Crippen molar-refractivity contribution >= 4 is 17.3 Å². The first-order chi connectivity index (χ1) is 11.8. The molecule has 0 radical (unpaired) electrons. The van der Waals surface area contributed by atoms with E-state index < -0.39 is 0 Å². The van der Waals surface area contributed by atoms with Crippen molar-refractivity contribution in [2.75, 3.05) is 13.6 Å². The molecule has 2 aromatic rings. The summed E-state index contributed by atoms with van der Waals surface area (Å²) in [6.45, 7) is 2.95. The Kier molecular flexibility index (Phi) is 5.68. The SMILES string of the molecule is CN=C(NCCCn1nc2n(c1=O)CCCC2)NCc1ccsc1. The summed E-state index contributed by atoms with van der Waals surface area (Å²) in [4.78, 5) is 16.5. The van der Waals surface area contributed by atoms with Crippen LogP contribution in [0, 0.1) is 0 Å². The molecule has 2 N–H and O–H groups in total. The summed E-state index contributed by atoms with van der Waals surface area (Å²) >= 11 is 1.69. The molecule has 0 aliphatic carbocycles. The van der Waals surface area contributed by atoms with E-state index >= 15 is 0 Å². The van der Waals surface area contributed by atoms with E-state index in [1.165, 1.54) is 5.56 Å². The first-order valence-electron chi connectivity index (χ1n) is 8.40. The van der Waals surface area contributed by atoms with E-state index in [0.717, 1.165) is 57.1 Å². The van der Waals surface area contributed by atoms with Crippen molar-refractivity contribution < 1.29 is 0 Å². The van der Waals surface area contributed by atoms with Crippen molar-refractivity contribution in [2.45, 2.75) is 45.3 Å². The Morgan fingerprint density at radius 3 is 3.08 bits per heavy atom. The van der Waals surface area contributed by atoms with Gasteiger partial charge < -0.3 is 10.6 Å². The highest BCUT2D eigenvalue weighted by molar-refractivity contribution is 7.07. The zero-order chi connectivity index (χ0) is 16.8. The summed E-state index contributed by atoms with van der Waals surface area (Å²) < 4.78 is 3.42. The maximum Gasteiger partial charge on any atom is 0.345 e. The zero-order valence-corrected chi connectivity index (χ0v) is 14.8. The third-order valence-corrected chi connectivity index (χ3v) is 4.87. The minimum Gasteiger partial charge on any atom is -0.356 e. The Morgan fingerprint density at radius 1 is 1.42 bits per heavy atom. The van der Waals surface area contributed by atoms with Gasteiger partial charge in [-0.25, -0.2) is 9.48 Å². The molecule has 0 atom stereocenters. The lowest BCUT2D eigenvalue weighted by molar-refractivity contribution is 0.509. The number of hydrogen-bond donors (Lipinski definition) is 2. The van der Waals surface area contributed by atoms with Crippen LogP contribution in [-0.4, -0.2) is 33.9 Å². The number of aryl methyl sites for hydroxylation is 2. The average Bonchev–Trinajstić information content (AvgIpc) is 3.23. The molecule has 0 amide bonds. The molecule has 0 fully saturated rings. The van der Waals surface area contributed by atoms with Crippen molar-refractivity contribution in [1.29, 1.82) is 0 Å². The Balaban J connectivity index is 1.43. The highest BCUT2D eigenvalue weighted by Crippen LogP contribution is 2.09. The zero-order valence-electron chi connectivity index (χ0n) is 14.0. The molecule has 7 nitrogen and oxygen atoms in total. The Bertz CT molecular complexity index is 730. The fourth-order valence-corrected chi connectivity index (χ4v) is 3.50. The normalized spacial score (nSPS) is 14.5. The Hall–Kier alpha value is -2.09. The summed E-state index contributed by atoms with van der Waals surface area (Å²) in [5.74, 6) is 1.71. The van der Waals surface area contributed by atoms with Crippen LogP contribution < -0.4 is 16.3 Å². The predicted octanol–water partition coefficient (Wildman–Crippen LogP) is 1.20. The van der Waals surface area contributed by atoms with Gasteiger partial charge in [-0.15, -0.1) is 0 Å². The molecule has 3 rings (SSSR count). The van der Waals surface area contributed by atoms with Gasteiger partial charge in [-0.2, -0.15) is 16.4 Å². The third kappa shape index (κ3) is 4.05. The number of hydrogen-bond acceptors (Lipinski definition) is 4. The van der Waals surface area contributed by atoms with Crippen LogP contribution >= 0.6 is 11.3 Å². The summed E-state index contributed by atoms with van der Waals surface area (Å²) in [5.41, 5.74) is 1.28. The van der Waals surface area contributed by atoms with Crippen LogP contribution in [0.5, 0.6) is 0 Å². The molecular weight excluding hydrogens is 324 g/mol. The van der Waals surface area contributed by atoms with Gasteiger partial charge in [0.05, 0.1) is 0 Å². The molecule has 8 heteroatoms. The van der Waals surface area contributed by atoms with Gasteiger partial charge in [0.2, 0.25) is 0 Å². The molecule has 130 valence electrons. The van der Waals surface area contributed by atoms with Gasteiger partial charge >= 0.3 is 5.69 Å². The average molecular weight is 348 g/mol. The van der Waals surface area contributed by atoms with Crippen LogP contribution in [0.2, 0.25) is 0 Å². The van der Waals surface area contributed by atoms with Gasteiger partial charge in [0.15, 0.2) is 5.96 Å². The van der Waals surface area contributed by atoms with Crippen LogP contribution in [0.3, 0.4) is 0 Å². The molecule has 0 spiro atoms. The summed E-state index contributed by atoms with van der Waals surface area (Å²) in [5, 5.41) is 15.2. The Morgan fingerprint density at radius 2 is 2.33 bits per heavy atom. The second kappa shape index (κ2) is 8.14. The molecular formula is C16H24N6OS. The van der Waals surface area contributed by atoms with Crippen LogP contribution in [-0.2, 0) is 26.1 Å². The molecule has 2 aromatic heterocycles. The first kappa shape index (κ1) is 16.8. The van der Waals surface area contributed by atoms with Crippen molar-refractivity contribution in [3.05, 3.63) is 38.7 Å². The number of nitrogens with one attached hydrogen (secondary N) is 2. The van der Waals surface area contributed by atoms with Crippen LogP contribution in [0.15, 0.2) is 26.6 Å². The maximum atomic E-state index is 12.2. The number of aromatic nitrogens is 3. The molecule has 0 bridgehead atoms. The molecule has 3 heterocycles. The van der Waals surface area contributed by atoms with E-state index in [-0.39, 0.29) is 5.69 Å². The minimum atomic E-state index is 0.0321.